The van der Waals surface area contributed by atoms with Crippen LogP contribution in [-0.2, 0) is 32.9 Å². The summed E-state index contributed by atoms with van der Waals surface area (Å²) in [7, 11) is 4.40. The maximum atomic E-state index is 12.1. The Labute approximate surface area is 196 Å². The zero-order valence-electron chi connectivity index (χ0n) is 18.6. The first-order chi connectivity index (χ1) is 15.9. The first-order valence-electron chi connectivity index (χ1n) is 9.84. The normalized spacial score (nSPS) is 11.5. The molecule has 1 aromatic heterocycles. The molecule has 0 amide bonds. The number of aryl methyl sites for hydroxylation is 2. The van der Waals surface area contributed by atoms with Gasteiger partial charge in [0.1, 0.15) is 19.5 Å². The molecular formula is C23H23ClN4O5. The first kappa shape index (κ1) is 23.8. The van der Waals surface area contributed by atoms with E-state index in [0.29, 0.717) is 33.3 Å². The van der Waals surface area contributed by atoms with Crippen LogP contribution >= 0.6 is 11.6 Å². The molecule has 0 atom stereocenters. The SMILES string of the molecule is CO/N=C(/C(=O)OC)c1ccccc1CO/N=C/c1c(C)nn(C)c1Oc1ccc(Cl)cc1. The summed E-state index contributed by atoms with van der Waals surface area (Å²) in [5, 5.41) is 12.9. The second kappa shape index (κ2) is 11.1. The Morgan fingerprint density at radius 3 is 2.58 bits per heavy atom. The van der Waals surface area contributed by atoms with Crippen molar-refractivity contribution < 1.29 is 23.9 Å². The topological polar surface area (TPSA) is 96.5 Å². The molecule has 1 heterocycles. The molecule has 0 aliphatic heterocycles. The molecule has 0 saturated carbocycles. The van der Waals surface area contributed by atoms with Gasteiger partial charge in [-0.1, -0.05) is 46.2 Å². The van der Waals surface area contributed by atoms with Crippen molar-refractivity contribution in [1.29, 1.82) is 0 Å². The fraction of sp³-hybridized carbons (Fsp3) is 0.217. The Morgan fingerprint density at radius 1 is 1.15 bits per heavy atom. The number of benzene rings is 2. The number of aromatic nitrogens is 2. The number of carbonyl (C=O) groups excluding carboxylic acids is 1. The van der Waals surface area contributed by atoms with Crippen LogP contribution in [-0.4, -0.2) is 41.9 Å². The zero-order chi connectivity index (χ0) is 23.8. The predicted molar refractivity (Wildman–Crippen MR) is 124 cm³/mol. The molecule has 0 spiro atoms. The first-order valence-corrected chi connectivity index (χ1v) is 10.2. The van der Waals surface area contributed by atoms with Gasteiger partial charge >= 0.3 is 5.97 Å². The van der Waals surface area contributed by atoms with Gasteiger partial charge in [-0.05, 0) is 31.2 Å². The minimum Gasteiger partial charge on any atom is -0.464 e. The Balaban J connectivity index is 1.77. The average molecular weight is 471 g/mol. The third kappa shape index (κ3) is 5.89. The van der Waals surface area contributed by atoms with E-state index in [-0.39, 0.29) is 12.3 Å². The van der Waals surface area contributed by atoms with Gasteiger partial charge in [-0.2, -0.15) is 5.10 Å². The van der Waals surface area contributed by atoms with Crippen molar-refractivity contribution in [1.82, 2.24) is 9.78 Å². The molecule has 3 aromatic rings. The minimum absolute atomic E-state index is 0.0323. The van der Waals surface area contributed by atoms with Crippen LogP contribution in [0.5, 0.6) is 11.6 Å². The molecule has 0 unspecified atom stereocenters. The van der Waals surface area contributed by atoms with E-state index in [2.05, 4.69) is 15.4 Å². The van der Waals surface area contributed by atoms with Gasteiger partial charge in [0, 0.05) is 23.2 Å². The number of hydrogen-bond donors (Lipinski definition) is 0. The molecule has 10 heteroatoms. The number of oxime groups is 2. The number of halogens is 1. The highest BCUT2D eigenvalue weighted by atomic mass is 35.5. The summed E-state index contributed by atoms with van der Waals surface area (Å²) in [6.45, 7) is 1.92. The van der Waals surface area contributed by atoms with E-state index >= 15 is 0 Å². The third-order valence-electron chi connectivity index (χ3n) is 4.55. The standard InChI is InChI=1S/C23H23ClN4O5/c1-15-20(22(28(2)26-15)33-18-11-9-17(24)10-12-18)13-25-32-14-16-7-5-6-8-19(16)21(27-31-4)23(29)30-3/h5-13H,14H2,1-4H3/b25-13+,27-21+. The predicted octanol–water partition coefficient (Wildman–Crippen LogP) is 4.25. The van der Waals surface area contributed by atoms with Gasteiger partial charge in [0.15, 0.2) is 5.71 Å². The molecule has 0 N–H and O–H groups in total. The van der Waals surface area contributed by atoms with Gasteiger partial charge in [0.05, 0.1) is 24.6 Å². The highest BCUT2D eigenvalue weighted by Crippen LogP contribution is 2.27. The molecule has 2 aromatic carbocycles. The second-order valence-electron chi connectivity index (χ2n) is 6.76. The van der Waals surface area contributed by atoms with Crippen LogP contribution in [0.15, 0.2) is 58.8 Å². The Morgan fingerprint density at radius 2 is 1.88 bits per heavy atom. The van der Waals surface area contributed by atoms with Gasteiger partial charge in [-0.3, -0.25) is 0 Å². The molecule has 9 nitrogen and oxygen atoms in total. The van der Waals surface area contributed by atoms with E-state index in [1.54, 1.807) is 54.2 Å². The Bertz CT molecular complexity index is 1170. The van der Waals surface area contributed by atoms with Crippen molar-refractivity contribution >= 4 is 29.5 Å². The lowest BCUT2D eigenvalue weighted by atomic mass is 10.0. The van der Waals surface area contributed by atoms with E-state index < -0.39 is 5.97 Å². The van der Waals surface area contributed by atoms with E-state index in [0.717, 1.165) is 5.69 Å². The summed E-state index contributed by atoms with van der Waals surface area (Å²) in [6, 6.07) is 14.1. The number of carbonyl (C=O) groups is 1. The lowest BCUT2D eigenvalue weighted by Crippen LogP contribution is -2.19. The fourth-order valence-corrected chi connectivity index (χ4v) is 3.12. The van der Waals surface area contributed by atoms with Gasteiger partial charge < -0.3 is 19.1 Å². The smallest absolute Gasteiger partial charge is 0.360 e. The van der Waals surface area contributed by atoms with Crippen molar-refractivity contribution in [3.63, 3.8) is 0 Å². The van der Waals surface area contributed by atoms with Crippen LogP contribution in [0.4, 0.5) is 0 Å². The summed E-state index contributed by atoms with van der Waals surface area (Å²) in [5.41, 5.74) is 2.61. The van der Waals surface area contributed by atoms with E-state index in [1.165, 1.54) is 20.4 Å². The van der Waals surface area contributed by atoms with Crippen LogP contribution in [0, 0.1) is 6.92 Å². The fourth-order valence-electron chi connectivity index (χ4n) is 3.00. The van der Waals surface area contributed by atoms with Crippen LogP contribution in [0.1, 0.15) is 22.4 Å². The van der Waals surface area contributed by atoms with Crippen LogP contribution in [0.3, 0.4) is 0 Å². The summed E-state index contributed by atoms with van der Waals surface area (Å²) in [5.74, 6) is 0.491. The van der Waals surface area contributed by atoms with Crippen molar-refractivity contribution in [2.45, 2.75) is 13.5 Å². The van der Waals surface area contributed by atoms with Crippen LogP contribution in [0.2, 0.25) is 5.02 Å². The van der Waals surface area contributed by atoms with Crippen molar-refractivity contribution in [3.05, 3.63) is 75.9 Å². The number of methoxy groups -OCH3 is 1. The van der Waals surface area contributed by atoms with Gasteiger partial charge in [-0.15, -0.1) is 0 Å². The number of ether oxygens (including phenoxy) is 2. The van der Waals surface area contributed by atoms with Gasteiger partial charge in [-0.25, -0.2) is 9.48 Å². The highest BCUT2D eigenvalue weighted by molar-refractivity contribution is 6.43. The summed E-state index contributed by atoms with van der Waals surface area (Å²) in [4.78, 5) is 22.4. The molecule has 33 heavy (non-hydrogen) atoms. The van der Waals surface area contributed by atoms with Crippen LogP contribution < -0.4 is 4.74 Å². The summed E-state index contributed by atoms with van der Waals surface area (Å²) in [6.07, 6.45) is 1.53. The molecule has 0 fully saturated rings. The van der Waals surface area contributed by atoms with Crippen molar-refractivity contribution in [2.24, 2.45) is 17.4 Å². The third-order valence-corrected chi connectivity index (χ3v) is 4.80. The lowest BCUT2D eigenvalue weighted by Gasteiger charge is -2.09. The average Bonchev–Trinajstić information content (AvgIpc) is 3.08. The molecule has 0 radical (unpaired) electrons. The monoisotopic (exact) mass is 470 g/mol. The number of rotatable bonds is 9. The molecule has 0 bridgehead atoms. The molecular weight excluding hydrogens is 448 g/mol. The number of nitrogens with zero attached hydrogens (tertiary/aromatic N) is 4. The molecule has 0 aliphatic carbocycles. The maximum Gasteiger partial charge on any atom is 0.360 e. The van der Waals surface area contributed by atoms with Gasteiger partial charge in [0.2, 0.25) is 5.88 Å². The maximum absolute atomic E-state index is 12.1. The van der Waals surface area contributed by atoms with Crippen molar-refractivity contribution in [2.75, 3.05) is 14.2 Å². The lowest BCUT2D eigenvalue weighted by molar-refractivity contribution is -0.132. The van der Waals surface area contributed by atoms with Crippen molar-refractivity contribution in [3.8, 4) is 11.6 Å². The summed E-state index contributed by atoms with van der Waals surface area (Å²) >= 11 is 5.94. The number of esters is 1. The van der Waals surface area contributed by atoms with Crippen LogP contribution in [0.25, 0.3) is 0 Å². The number of hydrogen-bond acceptors (Lipinski definition) is 8. The van der Waals surface area contributed by atoms with E-state index in [4.69, 9.17) is 30.7 Å². The molecule has 3 rings (SSSR count). The second-order valence-corrected chi connectivity index (χ2v) is 7.20. The van der Waals surface area contributed by atoms with E-state index in [1.807, 2.05) is 13.0 Å². The molecule has 0 saturated heterocycles. The quantitative estimate of drug-likeness (QED) is 0.263. The highest BCUT2D eigenvalue weighted by Gasteiger charge is 2.19. The Hall–Kier alpha value is -3.85. The minimum atomic E-state index is -0.622. The molecule has 172 valence electrons. The van der Waals surface area contributed by atoms with Gasteiger partial charge in [0.25, 0.3) is 0 Å². The summed E-state index contributed by atoms with van der Waals surface area (Å²) < 4.78 is 12.4. The largest absolute Gasteiger partial charge is 0.464 e. The Kier molecular flexibility index (Phi) is 8.04. The zero-order valence-corrected chi connectivity index (χ0v) is 19.4. The van der Waals surface area contributed by atoms with E-state index in [9.17, 15) is 4.79 Å². The molecule has 0 aliphatic rings.